The molecule has 0 radical (unpaired) electrons. The topological polar surface area (TPSA) is 64.3 Å². The van der Waals surface area contributed by atoms with E-state index in [0.29, 0.717) is 34.4 Å². The Labute approximate surface area is 189 Å². The molecule has 0 spiro atoms. The summed E-state index contributed by atoms with van der Waals surface area (Å²) in [7, 11) is 1.48. The van der Waals surface area contributed by atoms with Crippen LogP contribution in [0.3, 0.4) is 0 Å². The molecule has 2 heterocycles. The largest absolute Gasteiger partial charge is 0.481 e. The fourth-order valence-electron chi connectivity index (χ4n) is 4.61. The summed E-state index contributed by atoms with van der Waals surface area (Å²) in [5.74, 6) is -1.25. The Morgan fingerprint density at radius 2 is 2.00 bits per heavy atom. The van der Waals surface area contributed by atoms with E-state index in [1.165, 1.54) is 19.2 Å². The summed E-state index contributed by atoms with van der Waals surface area (Å²) in [6, 6.07) is 12.7. The third-order valence-electron chi connectivity index (χ3n) is 6.41. The lowest BCUT2D eigenvalue weighted by atomic mass is 9.99. The Morgan fingerprint density at radius 3 is 2.67 bits per heavy atom. The molecule has 1 aliphatic carbocycles. The van der Waals surface area contributed by atoms with Gasteiger partial charge in [0.15, 0.2) is 0 Å². The molecule has 4 aromatic rings. The molecule has 0 aliphatic heterocycles. The molecule has 1 fully saturated rings. The third-order valence-corrected chi connectivity index (χ3v) is 6.41. The van der Waals surface area contributed by atoms with Crippen molar-refractivity contribution in [3.8, 4) is 17.0 Å². The van der Waals surface area contributed by atoms with E-state index in [0.717, 1.165) is 23.4 Å². The van der Waals surface area contributed by atoms with Gasteiger partial charge in [-0.05, 0) is 54.2 Å². The lowest BCUT2D eigenvalue weighted by Gasteiger charge is -2.11. The Kier molecular flexibility index (Phi) is 5.12. The number of nitrogens with zero attached hydrogens (tertiary/aromatic N) is 2. The molecule has 1 aliphatic rings. The minimum absolute atomic E-state index is 0.000945. The molecular weight excluding hydrogens is 426 g/mol. The number of aromatic carboxylic acids is 1. The van der Waals surface area contributed by atoms with Crippen LogP contribution < -0.4 is 4.74 Å². The molecule has 5 rings (SSSR count). The Bertz CT molecular complexity index is 1400. The highest BCUT2D eigenvalue weighted by Gasteiger charge is 2.35. The number of carbonyl (C=O) groups is 1. The van der Waals surface area contributed by atoms with E-state index in [-0.39, 0.29) is 17.8 Å². The maximum atomic E-state index is 14.5. The summed E-state index contributed by atoms with van der Waals surface area (Å²) in [5, 5.41) is 11.0. The molecular formula is C26H22F2N2O3. The quantitative estimate of drug-likeness (QED) is 0.401. The van der Waals surface area contributed by atoms with Crippen molar-refractivity contribution in [1.29, 1.82) is 0 Å². The number of aromatic nitrogens is 2. The monoisotopic (exact) mass is 448 g/mol. The standard InChI is InChI=1S/C26H22F2N2O3/c1-14-10-19(14)15-6-8-22-20(11-15)23(18-4-3-9-29-25(18)33-2)24(26(31)32)30(22)13-16-5-7-17(27)12-21(16)28/h3-9,11-12,14,19H,10,13H2,1-2H3,(H,31,32)/t14-,19?/m1/s1. The Hall–Kier alpha value is -3.74. The second-order valence-corrected chi connectivity index (χ2v) is 8.51. The molecule has 168 valence electrons. The van der Waals surface area contributed by atoms with Crippen LogP contribution in [0.15, 0.2) is 54.7 Å². The van der Waals surface area contributed by atoms with Gasteiger partial charge < -0.3 is 14.4 Å². The van der Waals surface area contributed by atoms with E-state index in [9.17, 15) is 18.7 Å². The number of hydrogen-bond acceptors (Lipinski definition) is 3. The molecule has 0 bridgehead atoms. The molecule has 1 unspecified atom stereocenters. The van der Waals surface area contributed by atoms with Crippen LogP contribution in [0.5, 0.6) is 5.88 Å². The first-order chi connectivity index (χ1) is 15.9. The van der Waals surface area contributed by atoms with E-state index in [4.69, 9.17) is 4.74 Å². The van der Waals surface area contributed by atoms with Gasteiger partial charge in [0.05, 0.1) is 13.7 Å². The minimum Gasteiger partial charge on any atom is -0.481 e. The van der Waals surface area contributed by atoms with E-state index >= 15 is 0 Å². The van der Waals surface area contributed by atoms with Crippen LogP contribution in [0, 0.1) is 17.6 Å². The van der Waals surface area contributed by atoms with Gasteiger partial charge in [0.2, 0.25) is 5.88 Å². The summed E-state index contributed by atoms with van der Waals surface area (Å²) in [4.78, 5) is 16.8. The minimum atomic E-state index is -1.16. The maximum absolute atomic E-state index is 14.5. The van der Waals surface area contributed by atoms with Crippen LogP contribution in [0.4, 0.5) is 8.78 Å². The average molecular weight is 448 g/mol. The molecule has 2 aromatic heterocycles. The highest BCUT2D eigenvalue weighted by Crippen LogP contribution is 2.49. The average Bonchev–Trinajstić information content (AvgIpc) is 3.44. The van der Waals surface area contributed by atoms with E-state index in [1.807, 2.05) is 18.2 Å². The molecule has 1 N–H and O–H groups in total. The number of pyridine rings is 1. The number of rotatable bonds is 6. The second kappa shape index (κ2) is 7.99. The van der Waals surface area contributed by atoms with E-state index in [1.54, 1.807) is 22.9 Å². The molecule has 0 amide bonds. The number of hydrogen-bond donors (Lipinski definition) is 1. The number of methoxy groups -OCH3 is 1. The zero-order valence-corrected chi connectivity index (χ0v) is 18.2. The number of ether oxygens (including phenoxy) is 1. The summed E-state index contributed by atoms with van der Waals surface area (Å²) in [6.45, 7) is 2.12. The van der Waals surface area contributed by atoms with Gasteiger partial charge in [-0.15, -0.1) is 0 Å². The van der Waals surface area contributed by atoms with Crippen LogP contribution >= 0.6 is 0 Å². The van der Waals surface area contributed by atoms with E-state index in [2.05, 4.69) is 11.9 Å². The fourth-order valence-corrected chi connectivity index (χ4v) is 4.61. The molecule has 33 heavy (non-hydrogen) atoms. The number of carboxylic acid groups (broad SMARTS) is 1. The van der Waals surface area contributed by atoms with Gasteiger partial charge in [-0.2, -0.15) is 0 Å². The molecule has 2 atom stereocenters. The fraction of sp³-hybridized carbons (Fsp3) is 0.231. The van der Waals surface area contributed by atoms with Gasteiger partial charge in [0.25, 0.3) is 0 Å². The predicted molar refractivity (Wildman–Crippen MR) is 121 cm³/mol. The molecule has 7 heteroatoms. The van der Waals surface area contributed by atoms with Crippen molar-refractivity contribution in [2.75, 3.05) is 7.11 Å². The molecule has 5 nitrogen and oxygen atoms in total. The second-order valence-electron chi connectivity index (χ2n) is 8.51. The third kappa shape index (κ3) is 3.63. The first-order valence-electron chi connectivity index (χ1n) is 10.7. The lowest BCUT2D eigenvalue weighted by molar-refractivity contribution is 0.0687. The van der Waals surface area contributed by atoms with Gasteiger partial charge in [0.1, 0.15) is 17.3 Å². The van der Waals surface area contributed by atoms with Gasteiger partial charge in [-0.1, -0.05) is 19.1 Å². The van der Waals surface area contributed by atoms with Crippen molar-refractivity contribution >= 4 is 16.9 Å². The Morgan fingerprint density at radius 1 is 1.21 bits per heavy atom. The maximum Gasteiger partial charge on any atom is 0.353 e. The lowest BCUT2D eigenvalue weighted by Crippen LogP contribution is -2.11. The van der Waals surface area contributed by atoms with Crippen molar-refractivity contribution in [3.05, 3.63) is 83.2 Å². The zero-order valence-electron chi connectivity index (χ0n) is 18.2. The van der Waals surface area contributed by atoms with Crippen LogP contribution in [0.1, 0.15) is 40.9 Å². The SMILES string of the molecule is COc1ncccc1-c1c(C(=O)O)n(Cc2ccc(F)cc2F)c2ccc(C3C[C@H]3C)cc12. The van der Waals surface area contributed by atoms with Gasteiger partial charge in [0, 0.05) is 39.9 Å². The summed E-state index contributed by atoms with van der Waals surface area (Å²) >= 11 is 0. The normalized spacial score (nSPS) is 17.3. The van der Waals surface area contributed by atoms with E-state index < -0.39 is 17.6 Å². The first-order valence-corrected chi connectivity index (χ1v) is 10.7. The molecule has 0 saturated heterocycles. The Balaban J connectivity index is 1.81. The smallest absolute Gasteiger partial charge is 0.353 e. The number of benzene rings is 2. The van der Waals surface area contributed by atoms with Crippen LogP contribution in [0.2, 0.25) is 0 Å². The van der Waals surface area contributed by atoms with Crippen molar-refractivity contribution in [1.82, 2.24) is 9.55 Å². The van der Waals surface area contributed by atoms with Gasteiger partial charge >= 0.3 is 5.97 Å². The van der Waals surface area contributed by atoms with Crippen molar-refractivity contribution < 1.29 is 23.4 Å². The van der Waals surface area contributed by atoms with Gasteiger partial charge in [-0.3, -0.25) is 0 Å². The summed E-state index contributed by atoms with van der Waals surface area (Å²) < 4.78 is 35.0. The first kappa shape index (κ1) is 21.1. The molecule has 2 aromatic carbocycles. The van der Waals surface area contributed by atoms with Crippen molar-refractivity contribution in [2.24, 2.45) is 5.92 Å². The van der Waals surface area contributed by atoms with Crippen molar-refractivity contribution in [3.63, 3.8) is 0 Å². The molecule has 1 saturated carbocycles. The predicted octanol–water partition coefficient (Wildman–Crippen LogP) is 5.86. The van der Waals surface area contributed by atoms with Crippen LogP contribution in [-0.2, 0) is 6.54 Å². The summed E-state index contributed by atoms with van der Waals surface area (Å²) in [5.41, 5.74) is 3.00. The van der Waals surface area contributed by atoms with Crippen molar-refractivity contribution in [2.45, 2.75) is 25.8 Å². The van der Waals surface area contributed by atoms with Crippen LogP contribution in [0.25, 0.3) is 22.0 Å². The number of carboxylic acids is 1. The van der Waals surface area contributed by atoms with Gasteiger partial charge in [-0.25, -0.2) is 18.6 Å². The zero-order chi connectivity index (χ0) is 23.3. The van der Waals surface area contributed by atoms with Crippen LogP contribution in [-0.4, -0.2) is 27.7 Å². The number of fused-ring (bicyclic) bond motifs is 1. The highest BCUT2D eigenvalue weighted by atomic mass is 19.1. The highest BCUT2D eigenvalue weighted by molar-refractivity contribution is 6.09. The number of halogens is 2. The summed E-state index contributed by atoms with van der Waals surface area (Å²) in [6.07, 6.45) is 2.66.